The Morgan fingerprint density at radius 2 is 1.05 bits per heavy atom. The van der Waals surface area contributed by atoms with Gasteiger partial charge >= 0.3 is 12.1 Å². The van der Waals surface area contributed by atoms with Gasteiger partial charge in [0.2, 0.25) is 26.0 Å². The van der Waals surface area contributed by atoms with Crippen molar-refractivity contribution in [2.75, 3.05) is 106 Å². The van der Waals surface area contributed by atoms with Crippen molar-refractivity contribution in [3.05, 3.63) is 0 Å². The van der Waals surface area contributed by atoms with Crippen molar-refractivity contribution in [2.45, 2.75) is 26.2 Å². The molecule has 0 aliphatic carbocycles. The van der Waals surface area contributed by atoms with Gasteiger partial charge < -0.3 is 24.5 Å². The zero-order chi connectivity index (χ0) is 30.0. The second-order valence-corrected chi connectivity index (χ2v) is 14.4. The number of nitrogens with zero attached hydrogens (tertiary/aromatic N) is 7. The fourth-order valence-electron chi connectivity index (χ4n) is 3.58. The molecule has 0 N–H and O–H groups in total. The Hall–Kier alpha value is -2.17. The first-order valence-electron chi connectivity index (χ1n) is 13.1. The number of urea groups is 2. The highest BCUT2D eigenvalue weighted by atomic mass is 32.2. The minimum atomic E-state index is -2.79. The number of carbonyl (C=O) groups is 3. The van der Waals surface area contributed by atoms with Gasteiger partial charge in [-0.2, -0.15) is 0 Å². The molecule has 0 saturated carbocycles. The van der Waals surface area contributed by atoms with E-state index >= 15 is 0 Å². The van der Waals surface area contributed by atoms with Gasteiger partial charge in [-0.25, -0.2) is 35.0 Å². The Morgan fingerprint density at radius 3 is 1.21 bits per heavy atom. The van der Waals surface area contributed by atoms with Crippen molar-refractivity contribution in [3.8, 4) is 0 Å². The largest absolute Gasteiger partial charge is 0.345 e. The zero-order valence-corrected chi connectivity index (χ0v) is 26.1. The number of likely N-dealkylation sites (N-methyl/N-ethyl adjacent to an activating group) is 3. The minimum absolute atomic E-state index is 0.130. The summed E-state index contributed by atoms with van der Waals surface area (Å²) in [4.78, 5) is 40.8. The van der Waals surface area contributed by atoms with E-state index in [-0.39, 0.29) is 18.0 Å². The lowest BCUT2D eigenvalue weighted by Gasteiger charge is -2.25. The Balaban J connectivity index is 0.000000246. The first-order chi connectivity index (χ1) is 18.0. The molecule has 228 valence electrons. The first-order valence-corrected chi connectivity index (χ1v) is 16.3. The van der Waals surface area contributed by atoms with Crippen LogP contribution in [0.25, 0.3) is 0 Å². The molecule has 0 radical (unpaired) electrons. The zero-order valence-electron chi connectivity index (χ0n) is 24.5. The molecule has 5 fully saturated rings. The van der Waals surface area contributed by atoms with E-state index in [0.717, 1.165) is 58.5 Å². The van der Waals surface area contributed by atoms with Crippen LogP contribution in [0.1, 0.15) is 26.2 Å². The summed E-state index contributed by atoms with van der Waals surface area (Å²) in [5.74, 6) is 0.947. The maximum Gasteiger partial charge on any atom is 0.319 e. The fraction of sp³-hybridized carbons (Fsp3) is 0.870. The number of amides is 5. The van der Waals surface area contributed by atoms with Crippen LogP contribution in [0.2, 0.25) is 0 Å². The molecule has 0 aromatic rings. The van der Waals surface area contributed by atoms with Crippen molar-refractivity contribution in [1.82, 2.24) is 33.1 Å². The topological polar surface area (TPSA) is 142 Å². The number of sulfonamides is 2. The molecule has 5 heterocycles. The highest BCUT2D eigenvalue weighted by molar-refractivity contribution is 7.90. The van der Waals surface area contributed by atoms with Crippen molar-refractivity contribution in [3.63, 3.8) is 0 Å². The summed E-state index contributed by atoms with van der Waals surface area (Å²) < 4.78 is 44.8. The molecule has 0 spiro atoms. The van der Waals surface area contributed by atoms with Crippen molar-refractivity contribution >= 4 is 38.0 Å². The Labute approximate surface area is 234 Å². The van der Waals surface area contributed by atoms with Crippen LogP contribution in [-0.4, -0.2) is 174 Å². The molecule has 14 nitrogen and oxygen atoms in total. The van der Waals surface area contributed by atoms with Crippen molar-refractivity contribution in [1.29, 1.82) is 0 Å². The predicted octanol–water partition coefficient (Wildman–Crippen LogP) is -0.491. The van der Waals surface area contributed by atoms with Gasteiger partial charge in [0.1, 0.15) is 0 Å². The molecular weight excluding hydrogens is 550 g/mol. The monoisotopic (exact) mass is 597 g/mol. The first kappa shape index (κ1) is 34.9. The van der Waals surface area contributed by atoms with E-state index in [9.17, 15) is 31.2 Å². The smallest absolute Gasteiger partial charge is 0.319 e. The van der Waals surface area contributed by atoms with E-state index in [1.54, 1.807) is 33.7 Å². The highest BCUT2D eigenvalue weighted by Crippen LogP contribution is 2.09. The van der Waals surface area contributed by atoms with Crippen LogP contribution in [0.3, 0.4) is 0 Å². The Kier molecular flexibility index (Phi) is 13.9. The van der Waals surface area contributed by atoms with Crippen LogP contribution >= 0.6 is 0 Å². The van der Waals surface area contributed by atoms with Gasteiger partial charge in [0.25, 0.3) is 0 Å². The van der Waals surface area contributed by atoms with Gasteiger partial charge in [0, 0.05) is 101 Å². The van der Waals surface area contributed by atoms with Crippen molar-refractivity contribution < 1.29 is 31.2 Å². The van der Waals surface area contributed by atoms with Gasteiger partial charge in [-0.05, 0) is 12.8 Å². The summed E-state index contributed by atoms with van der Waals surface area (Å²) >= 11 is 0. The van der Waals surface area contributed by atoms with Crippen LogP contribution in [0, 0.1) is 0 Å². The standard InChI is InChI=1S/C7H14N2O.C5H10N2O.C4H9NO2S.C4H7NO.C3H7NO2S/c1-3-4-9-6-5-8(2)7(9)10;1-6-3-4-7(2)5(6)8;1-5-3-2-4-8(5,6)7;1-5-3-2-4(5)6;1-4-2-3-7(4,5)6/h3-6H2,1-2H3;3-4H2,1-2H3;2-4H2,1H3;2-3H2,1H3;2-3H2,1H3. The van der Waals surface area contributed by atoms with Gasteiger partial charge in [0.05, 0.1) is 11.5 Å². The van der Waals surface area contributed by atoms with Crippen LogP contribution in [-0.2, 0) is 24.8 Å². The Morgan fingerprint density at radius 1 is 0.590 bits per heavy atom. The van der Waals surface area contributed by atoms with Gasteiger partial charge in [-0.1, -0.05) is 6.92 Å². The number of hydrogen-bond donors (Lipinski definition) is 0. The van der Waals surface area contributed by atoms with E-state index < -0.39 is 20.0 Å². The molecule has 5 rings (SSSR count). The predicted molar refractivity (Wildman–Crippen MR) is 150 cm³/mol. The third-order valence-corrected chi connectivity index (χ3v) is 10.6. The molecular formula is C23H47N7O7S2. The summed E-state index contributed by atoms with van der Waals surface area (Å²) in [6.45, 7) is 8.88. The number of likely N-dealkylation sites (tertiary alicyclic amines) is 1. The molecule has 0 aromatic heterocycles. The van der Waals surface area contributed by atoms with Crippen LogP contribution < -0.4 is 0 Å². The number of carbonyl (C=O) groups excluding carboxylic acids is 3. The molecule has 39 heavy (non-hydrogen) atoms. The van der Waals surface area contributed by atoms with Crippen molar-refractivity contribution in [2.24, 2.45) is 0 Å². The van der Waals surface area contributed by atoms with Crippen LogP contribution in [0.4, 0.5) is 9.59 Å². The van der Waals surface area contributed by atoms with E-state index in [1.165, 1.54) is 8.61 Å². The molecule has 0 unspecified atom stereocenters. The van der Waals surface area contributed by atoms with Gasteiger partial charge in [0.15, 0.2) is 0 Å². The average molecular weight is 598 g/mol. The number of rotatable bonds is 2. The molecule has 5 amide bonds. The van der Waals surface area contributed by atoms with E-state index in [2.05, 4.69) is 6.92 Å². The maximum absolute atomic E-state index is 11.1. The lowest BCUT2D eigenvalue weighted by atomic mass is 10.2. The highest BCUT2D eigenvalue weighted by Gasteiger charge is 2.27. The average Bonchev–Trinajstić information content (AvgIpc) is 3.50. The van der Waals surface area contributed by atoms with E-state index in [4.69, 9.17) is 0 Å². The third-order valence-electron chi connectivity index (χ3n) is 6.80. The number of β-lactam (4-membered cyclic amide) rings is 1. The fourth-order valence-corrected chi connectivity index (χ4v) is 5.64. The minimum Gasteiger partial charge on any atom is -0.345 e. The summed E-state index contributed by atoms with van der Waals surface area (Å²) in [6, 6.07) is 0.312. The molecule has 0 atom stereocenters. The quantitative estimate of drug-likeness (QED) is 0.391. The summed E-state index contributed by atoms with van der Waals surface area (Å²) in [6.07, 6.45) is 2.61. The second-order valence-electron chi connectivity index (χ2n) is 10.0. The summed E-state index contributed by atoms with van der Waals surface area (Å²) in [7, 11) is 4.96. The Bertz CT molecular complexity index is 1030. The van der Waals surface area contributed by atoms with Gasteiger partial charge in [-0.3, -0.25) is 4.79 Å². The SMILES string of the molecule is CCCN1CCN(C)C1=O.CN1CCC1=O.CN1CCCS1(=O)=O.CN1CCN(C)C1=O.CN1CCS1(=O)=O. The summed E-state index contributed by atoms with van der Waals surface area (Å²) in [5, 5.41) is 0. The molecule has 5 aliphatic rings. The van der Waals surface area contributed by atoms with Gasteiger partial charge in [-0.15, -0.1) is 0 Å². The van der Waals surface area contributed by atoms with E-state index in [0.29, 0.717) is 24.6 Å². The van der Waals surface area contributed by atoms with E-state index in [1.807, 2.05) is 33.1 Å². The lowest BCUT2D eigenvalue weighted by Crippen LogP contribution is -2.44. The molecule has 5 aliphatic heterocycles. The molecule has 5 saturated heterocycles. The normalized spacial score (nSPS) is 23.4. The van der Waals surface area contributed by atoms with Crippen LogP contribution in [0.5, 0.6) is 0 Å². The second kappa shape index (κ2) is 15.6. The third kappa shape index (κ3) is 11.1. The molecule has 16 heteroatoms. The van der Waals surface area contributed by atoms with Crippen LogP contribution in [0.15, 0.2) is 0 Å². The molecule has 0 aromatic carbocycles. The lowest BCUT2D eigenvalue weighted by molar-refractivity contribution is -0.137. The summed E-state index contributed by atoms with van der Waals surface area (Å²) in [5.41, 5.74) is 0. The number of hydrogen-bond acceptors (Lipinski definition) is 7. The maximum atomic E-state index is 11.1. The molecule has 0 bridgehead atoms.